The smallest absolute Gasteiger partial charge is 0.426 e. The third-order valence-corrected chi connectivity index (χ3v) is 13.2. The van der Waals surface area contributed by atoms with E-state index in [1.807, 2.05) is 0 Å². The van der Waals surface area contributed by atoms with Crippen LogP contribution in [0.4, 0.5) is 74.6 Å². The van der Waals surface area contributed by atoms with Crippen molar-refractivity contribution in [2.75, 3.05) is 5.75 Å². The van der Waals surface area contributed by atoms with E-state index in [2.05, 4.69) is 6.92 Å². The van der Waals surface area contributed by atoms with Gasteiger partial charge in [-0.3, -0.25) is 4.79 Å². The summed E-state index contributed by atoms with van der Waals surface area (Å²) in [5.74, 6) is -59.0. The Morgan fingerprint density at radius 2 is 0.928 bits per heavy atom. The van der Waals surface area contributed by atoms with Crippen LogP contribution >= 0.6 is 11.8 Å². The van der Waals surface area contributed by atoms with Crippen molar-refractivity contribution in [1.82, 2.24) is 0 Å². The minimum absolute atomic E-state index is 0.0512. The highest BCUT2D eigenvalue weighted by molar-refractivity contribution is 7.99. The Balaban J connectivity index is 2.42. The molecule has 0 N–H and O–H groups in total. The number of thioether (sulfide) groups is 1. The lowest BCUT2D eigenvalue weighted by Gasteiger charge is -2.42. The topological polar surface area (TPSA) is 26.3 Å². The second-order valence-electron chi connectivity index (χ2n) is 19.7. The third kappa shape index (κ3) is 14.8. The number of esters is 1. The Kier molecular flexibility index (Phi) is 21.8. The van der Waals surface area contributed by atoms with Gasteiger partial charge in [-0.1, -0.05) is 181 Å². The summed E-state index contributed by atoms with van der Waals surface area (Å²) in [6, 6.07) is 10.6. The highest BCUT2D eigenvalue weighted by atomic mass is 32.2. The van der Waals surface area contributed by atoms with Crippen LogP contribution in [0.15, 0.2) is 42.5 Å². The minimum atomic E-state index is -8.70. The fraction of sp³-hybridized carbons (Fsp3) is 0.735. The summed E-state index contributed by atoms with van der Waals surface area (Å²) in [6.07, 6.45) is 5.69. The van der Waals surface area contributed by atoms with Crippen LogP contribution in [0.25, 0.3) is 0 Å². The van der Waals surface area contributed by atoms with Gasteiger partial charge in [-0.15, -0.1) is 11.8 Å². The van der Waals surface area contributed by atoms with Crippen LogP contribution < -0.4 is 4.74 Å². The molecule has 0 saturated carbocycles. The molecule has 2 aromatic carbocycles. The van der Waals surface area contributed by atoms with E-state index in [0.717, 1.165) is 32.1 Å². The molecule has 0 heterocycles. The van der Waals surface area contributed by atoms with E-state index in [9.17, 15) is 70.7 Å². The molecule has 0 radical (unpaired) electrons. The number of halogens is 17. The normalized spacial score (nSPS) is 14.6. The Labute approximate surface area is 398 Å². The van der Waals surface area contributed by atoms with Crippen LogP contribution in [-0.4, -0.2) is 59.4 Å². The maximum absolute atomic E-state index is 15.2. The highest BCUT2D eigenvalue weighted by Crippen LogP contribution is 2.64. The number of alkyl halides is 17. The van der Waals surface area contributed by atoms with E-state index < -0.39 is 81.9 Å². The molecule has 2 rings (SSSR count). The second-order valence-corrected chi connectivity index (χ2v) is 20.9. The van der Waals surface area contributed by atoms with Gasteiger partial charge in [0.05, 0.1) is 5.25 Å². The standard InChI is InChI=1S/C49H65F17O2S/c1-8-9-10-11-12-13-14-15-16-17-18-19-20-21-25-28-37(67)68-38-35(31-34(40(2,3)4)32-36(38)41(5,6)7)39(33-26-23-22-24-27-33)69-30-29-42(50,51)43(52,53)44(54,55)45(56,57)46(58,59)47(60,61)48(62,63)49(64,65)66/h22-24,26-27,31-32,39H,8-21,25,28-30H2,1-7H3. The van der Waals surface area contributed by atoms with Gasteiger partial charge in [0.15, 0.2) is 0 Å². The first-order valence-corrected chi connectivity index (χ1v) is 24.2. The van der Waals surface area contributed by atoms with E-state index >= 15 is 8.78 Å². The van der Waals surface area contributed by atoms with Crippen molar-refractivity contribution in [1.29, 1.82) is 0 Å². The molecule has 0 aliphatic rings. The predicted molar refractivity (Wildman–Crippen MR) is 235 cm³/mol. The zero-order valence-electron chi connectivity index (χ0n) is 40.0. The van der Waals surface area contributed by atoms with Crippen molar-refractivity contribution in [3.05, 3.63) is 64.7 Å². The van der Waals surface area contributed by atoms with Crippen LogP contribution in [-0.2, 0) is 15.6 Å². The van der Waals surface area contributed by atoms with Crippen molar-refractivity contribution in [2.45, 2.75) is 221 Å². The molecule has 0 aromatic heterocycles. The van der Waals surface area contributed by atoms with Crippen molar-refractivity contribution in [3.8, 4) is 5.75 Å². The average Bonchev–Trinajstić information content (AvgIpc) is 3.22. The molecular weight excluding hydrogens is 976 g/mol. The van der Waals surface area contributed by atoms with Gasteiger partial charge < -0.3 is 4.74 Å². The van der Waals surface area contributed by atoms with Crippen LogP contribution in [0, 0.1) is 0 Å². The summed E-state index contributed by atoms with van der Waals surface area (Å²) < 4.78 is 245. The summed E-state index contributed by atoms with van der Waals surface area (Å²) in [6.45, 7) is 12.9. The molecule has 2 nitrogen and oxygen atoms in total. The molecule has 0 fully saturated rings. The maximum Gasteiger partial charge on any atom is 0.460 e. The molecule has 0 saturated heterocycles. The van der Waals surface area contributed by atoms with Crippen molar-refractivity contribution in [3.63, 3.8) is 0 Å². The first-order valence-electron chi connectivity index (χ1n) is 23.2. The molecule has 0 bridgehead atoms. The maximum atomic E-state index is 15.2. The van der Waals surface area contributed by atoms with Gasteiger partial charge in [-0.05, 0) is 28.4 Å². The van der Waals surface area contributed by atoms with Gasteiger partial charge in [0.1, 0.15) is 5.75 Å². The van der Waals surface area contributed by atoms with Gasteiger partial charge in [-0.2, -0.15) is 74.6 Å². The molecule has 0 spiro atoms. The van der Waals surface area contributed by atoms with Crippen molar-refractivity contribution < 1.29 is 84.2 Å². The van der Waals surface area contributed by atoms with Crippen LogP contribution in [0.5, 0.6) is 5.75 Å². The van der Waals surface area contributed by atoms with E-state index in [1.54, 1.807) is 47.6 Å². The summed E-state index contributed by atoms with van der Waals surface area (Å²) in [4.78, 5) is 13.5. The zero-order chi connectivity index (χ0) is 53.1. The molecule has 1 unspecified atom stereocenters. The first kappa shape index (κ1) is 62.2. The number of ether oxygens (including phenoxy) is 1. The third-order valence-electron chi connectivity index (χ3n) is 11.9. The van der Waals surface area contributed by atoms with Crippen LogP contribution in [0.1, 0.15) is 185 Å². The number of carbonyl (C=O) groups excluding carboxylic acids is 1. The van der Waals surface area contributed by atoms with Crippen molar-refractivity contribution in [2.24, 2.45) is 0 Å². The van der Waals surface area contributed by atoms with E-state index in [-0.39, 0.29) is 23.3 Å². The number of unbranched alkanes of at least 4 members (excludes halogenated alkanes) is 14. The van der Waals surface area contributed by atoms with Crippen LogP contribution in [0.2, 0.25) is 0 Å². The van der Waals surface area contributed by atoms with E-state index in [0.29, 0.717) is 35.7 Å². The van der Waals surface area contributed by atoms with Gasteiger partial charge in [-0.25, -0.2) is 0 Å². The summed E-state index contributed by atoms with van der Waals surface area (Å²) in [5, 5.41) is -1.32. The van der Waals surface area contributed by atoms with Crippen LogP contribution in [0.3, 0.4) is 0 Å². The zero-order valence-corrected chi connectivity index (χ0v) is 40.8. The number of hydrogen-bond acceptors (Lipinski definition) is 3. The largest absolute Gasteiger partial charge is 0.460 e. The number of rotatable bonds is 29. The monoisotopic (exact) mass is 1040 g/mol. The second kappa shape index (κ2) is 24.2. The Morgan fingerprint density at radius 3 is 1.33 bits per heavy atom. The molecule has 2 aromatic rings. The quantitative estimate of drug-likeness (QED) is 0.0352. The SMILES string of the molecule is CCCCCCCCCCCCCCCCCC(=O)Oc1c(C(SCCC(F)(F)C(F)(F)C(F)(F)C(F)(F)C(F)(F)C(F)(F)C(F)(F)C(F)(F)F)c2ccccc2)cc(C(C)(C)C)cc1C(C)(C)C. The van der Waals surface area contributed by atoms with E-state index in [4.69, 9.17) is 4.74 Å². The van der Waals surface area contributed by atoms with Crippen molar-refractivity contribution >= 4 is 17.7 Å². The van der Waals surface area contributed by atoms with Gasteiger partial charge in [0, 0.05) is 29.7 Å². The lowest BCUT2D eigenvalue weighted by atomic mass is 9.78. The van der Waals surface area contributed by atoms with Gasteiger partial charge >= 0.3 is 53.6 Å². The lowest BCUT2D eigenvalue weighted by molar-refractivity contribution is -0.461. The molecular formula is C49H65F17O2S. The number of carbonyl (C=O) groups is 1. The fourth-order valence-corrected chi connectivity index (χ4v) is 8.72. The first-order chi connectivity index (χ1) is 31.4. The summed E-state index contributed by atoms with van der Waals surface area (Å²) in [7, 11) is 0. The molecule has 0 amide bonds. The summed E-state index contributed by atoms with van der Waals surface area (Å²) >= 11 is 0.295. The molecule has 69 heavy (non-hydrogen) atoms. The van der Waals surface area contributed by atoms with Gasteiger partial charge in [0.2, 0.25) is 0 Å². The molecule has 1 atom stereocenters. The minimum Gasteiger partial charge on any atom is -0.426 e. The number of benzene rings is 2. The average molecular weight is 1040 g/mol. The Morgan fingerprint density at radius 1 is 0.522 bits per heavy atom. The van der Waals surface area contributed by atoms with Gasteiger partial charge in [0.25, 0.3) is 0 Å². The molecule has 398 valence electrons. The Hall–Kier alpha value is -2.93. The fourth-order valence-electron chi connectivity index (χ4n) is 7.41. The molecule has 20 heteroatoms. The lowest BCUT2D eigenvalue weighted by Crippen LogP contribution is -2.74. The highest BCUT2D eigenvalue weighted by Gasteiger charge is 2.95. The molecule has 0 aliphatic heterocycles. The Bertz CT molecular complexity index is 1890. The number of hydrogen-bond donors (Lipinski definition) is 0. The molecule has 0 aliphatic carbocycles. The predicted octanol–water partition coefficient (Wildman–Crippen LogP) is 18.7. The summed E-state index contributed by atoms with van der Waals surface area (Å²) in [5.41, 5.74) is -0.185. The van der Waals surface area contributed by atoms with E-state index in [1.165, 1.54) is 87.8 Å².